The number of aliphatic hydroxyl groups excluding tert-OH is 1. The maximum absolute atomic E-state index is 12.2. The van der Waals surface area contributed by atoms with Crippen LogP contribution in [0.2, 0.25) is 0 Å². The monoisotopic (exact) mass is 330 g/mol. The molecule has 1 unspecified atom stereocenters. The summed E-state index contributed by atoms with van der Waals surface area (Å²) >= 11 is 0. The highest BCUT2D eigenvalue weighted by Crippen LogP contribution is 2.18. The average molecular weight is 330 g/mol. The standard InChI is InChI=1S/C18H26N4O2/c1-4-18(5-2,13-23)20-17(24)19-16-11-12-22(21-16)14(3)15-9-7-6-8-10-15/h6-12,14,23H,4-5,13H2,1-3H3,(H2,19,20,21,24). The Bertz CT molecular complexity index is 642. The number of benzene rings is 1. The third-order valence-corrected chi connectivity index (χ3v) is 4.56. The second-order valence-corrected chi connectivity index (χ2v) is 5.99. The molecule has 0 aliphatic heterocycles. The second kappa shape index (κ2) is 7.97. The number of hydrogen-bond donors (Lipinski definition) is 3. The van der Waals surface area contributed by atoms with Crippen LogP contribution in [0, 0.1) is 0 Å². The Balaban J connectivity index is 2.02. The van der Waals surface area contributed by atoms with E-state index < -0.39 is 5.54 Å². The molecule has 24 heavy (non-hydrogen) atoms. The van der Waals surface area contributed by atoms with Crippen LogP contribution in [0.25, 0.3) is 0 Å². The number of rotatable bonds is 7. The van der Waals surface area contributed by atoms with Crippen LogP contribution < -0.4 is 10.6 Å². The van der Waals surface area contributed by atoms with Crippen LogP contribution in [-0.2, 0) is 0 Å². The zero-order valence-electron chi connectivity index (χ0n) is 14.5. The number of carbonyl (C=O) groups excluding carboxylic acids is 1. The SMILES string of the molecule is CCC(CC)(CO)NC(=O)Nc1ccn(C(C)c2ccccc2)n1. The molecule has 1 heterocycles. The first-order chi connectivity index (χ1) is 11.5. The van der Waals surface area contributed by atoms with Gasteiger partial charge in [-0.05, 0) is 25.3 Å². The van der Waals surface area contributed by atoms with Gasteiger partial charge in [-0.3, -0.25) is 10.00 Å². The summed E-state index contributed by atoms with van der Waals surface area (Å²) in [6.45, 7) is 5.84. The molecule has 1 aromatic carbocycles. The molecule has 3 N–H and O–H groups in total. The fraction of sp³-hybridized carbons (Fsp3) is 0.444. The van der Waals surface area contributed by atoms with Crippen LogP contribution >= 0.6 is 0 Å². The predicted molar refractivity (Wildman–Crippen MR) is 95.0 cm³/mol. The van der Waals surface area contributed by atoms with Crippen molar-refractivity contribution in [1.82, 2.24) is 15.1 Å². The summed E-state index contributed by atoms with van der Waals surface area (Å²) in [6, 6.07) is 11.5. The van der Waals surface area contributed by atoms with Crippen molar-refractivity contribution in [2.75, 3.05) is 11.9 Å². The van der Waals surface area contributed by atoms with E-state index >= 15 is 0 Å². The third kappa shape index (κ3) is 4.14. The van der Waals surface area contributed by atoms with Gasteiger partial charge in [-0.1, -0.05) is 44.2 Å². The molecule has 6 heteroatoms. The molecule has 0 saturated heterocycles. The number of urea groups is 1. The van der Waals surface area contributed by atoms with Crippen molar-refractivity contribution in [3.05, 3.63) is 48.2 Å². The molecule has 0 aliphatic carbocycles. The zero-order chi connectivity index (χ0) is 17.6. The lowest BCUT2D eigenvalue weighted by Crippen LogP contribution is -2.52. The summed E-state index contributed by atoms with van der Waals surface area (Å²) in [5.41, 5.74) is 0.553. The van der Waals surface area contributed by atoms with Gasteiger partial charge in [0.2, 0.25) is 0 Å². The van der Waals surface area contributed by atoms with E-state index in [1.54, 1.807) is 6.07 Å². The first-order valence-corrected chi connectivity index (χ1v) is 8.33. The maximum Gasteiger partial charge on any atom is 0.320 e. The minimum absolute atomic E-state index is 0.0765. The van der Waals surface area contributed by atoms with Crippen LogP contribution in [0.15, 0.2) is 42.6 Å². The summed E-state index contributed by atoms with van der Waals surface area (Å²) in [6.07, 6.45) is 3.16. The number of aliphatic hydroxyl groups is 1. The van der Waals surface area contributed by atoms with Gasteiger partial charge in [0.25, 0.3) is 0 Å². The van der Waals surface area contributed by atoms with Crippen LogP contribution in [0.4, 0.5) is 10.6 Å². The summed E-state index contributed by atoms with van der Waals surface area (Å²) in [4.78, 5) is 12.2. The molecule has 2 aromatic rings. The van der Waals surface area contributed by atoms with Crippen molar-refractivity contribution in [1.29, 1.82) is 0 Å². The largest absolute Gasteiger partial charge is 0.394 e. The molecule has 1 aromatic heterocycles. The van der Waals surface area contributed by atoms with Crippen molar-refractivity contribution < 1.29 is 9.90 Å². The fourth-order valence-corrected chi connectivity index (χ4v) is 2.58. The topological polar surface area (TPSA) is 79.2 Å². The van der Waals surface area contributed by atoms with Gasteiger partial charge >= 0.3 is 6.03 Å². The number of nitrogens with zero attached hydrogens (tertiary/aromatic N) is 2. The summed E-state index contributed by atoms with van der Waals surface area (Å²) in [7, 11) is 0. The Hall–Kier alpha value is -2.34. The smallest absolute Gasteiger partial charge is 0.320 e. The first-order valence-electron chi connectivity index (χ1n) is 8.33. The van der Waals surface area contributed by atoms with Gasteiger partial charge in [0.05, 0.1) is 18.2 Å². The fourth-order valence-electron chi connectivity index (χ4n) is 2.58. The van der Waals surface area contributed by atoms with Crippen molar-refractivity contribution in [2.24, 2.45) is 0 Å². The number of amides is 2. The van der Waals surface area contributed by atoms with Crippen LogP contribution in [0.5, 0.6) is 0 Å². The minimum Gasteiger partial charge on any atom is -0.394 e. The number of anilines is 1. The van der Waals surface area contributed by atoms with E-state index in [1.807, 2.05) is 55.1 Å². The molecule has 2 amide bonds. The number of hydrogen-bond acceptors (Lipinski definition) is 3. The highest BCUT2D eigenvalue weighted by Gasteiger charge is 2.27. The Labute approximate surface area is 142 Å². The number of aromatic nitrogens is 2. The number of nitrogens with one attached hydrogen (secondary N) is 2. The Kier molecular flexibility index (Phi) is 5.98. The summed E-state index contributed by atoms with van der Waals surface area (Å²) in [5, 5.41) is 19.5. The molecular formula is C18H26N4O2. The Morgan fingerprint density at radius 3 is 2.50 bits per heavy atom. The lowest BCUT2D eigenvalue weighted by molar-refractivity contribution is 0.155. The van der Waals surface area contributed by atoms with Crippen molar-refractivity contribution in [2.45, 2.75) is 45.2 Å². The van der Waals surface area contributed by atoms with Crippen LogP contribution in [-0.4, -0.2) is 33.1 Å². The van der Waals surface area contributed by atoms with Gasteiger partial charge in [0.1, 0.15) is 0 Å². The predicted octanol–water partition coefficient (Wildman–Crippen LogP) is 3.17. The average Bonchev–Trinajstić information content (AvgIpc) is 3.08. The van der Waals surface area contributed by atoms with E-state index in [0.717, 1.165) is 5.56 Å². The van der Waals surface area contributed by atoms with E-state index in [-0.39, 0.29) is 18.7 Å². The van der Waals surface area contributed by atoms with Gasteiger partial charge in [0, 0.05) is 12.3 Å². The van der Waals surface area contributed by atoms with E-state index in [0.29, 0.717) is 18.7 Å². The normalized spacial score (nSPS) is 12.7. The molecule has 6 nitrogen and oxygen atoms in total. The van der Waals surface area contributed by atoms with Gasteiger partial charge in [0.15, 0.2) is 5.82 Å². The minimum atomic E-state index is -0.593. The quantitative estimate of drug-likeness (QED) is 0.729. The molecule has 130 valence electrons. The Morgan fingerprint density at radius 1 is 1.25 bits per heavy atom. The maximum atomic E-state index is 12.2. The first kappa shape index (κ1) is 18.0. The van der Waals surface area contributed by atoms with E-state index in [2.05, 4.69) is 22.7 Å². The van der Waals surface area contributed by atoms with Gasteiger partial charge in [-0.2, -0.15) is 5.10 Å². The van der Waals surface area contributed by atoms with Gasteiger partial charge in [-0.15, -0.1) is 0 Å². The van der Waals surface area contributed by atoms with E-state index in [4.69, 9.17) is 0 Å². The zero-order valence-corrected chi connectivity index (χ0v) is 14.5. The molecule has 0 bridgehead atoms. The molecule has 2 rings (SSSR count). The lowest BCUT2D eigenvalue weighted by Gasteiger charge is -2.30. The van der Waals surface area contributed by atoms with E-state index in [1.165, 1.54) is 0 Å². The molecule has 0 saturated carbocycles. The molecule has 1 atom stereocenters. The summed E-state index contributed by atoms with van der Waals surface area (Å²) in [5.74, 6) is 0.481. The number of carbonyl (C=O) groups is 1. The molecule has 0 radical (unpaired) electrons. The van der Waals surface area contributed by atoms with Crippen LogP contribution in [0.3, 0.4) is 0 Å². The second-order valence-electron chi connectivity index (χ2n) is 5.99. The Morgan fingerprint density at radius 2 is 1.92 bits per heavy atom. The molecular weight excluding hydrogens is 304 g/mol. The lowest BCUT2D eigenvalue weighted by atomic mass is 9.94. The molecule has 0 aliphatic rings. The van der Waals surface area contributed by atoms with Gasteiger partial charge in [-0.25, -0.2) is 4.79 Å². The van der Waals surface area contributed by atoms with Crippen LogP contribution in [0.1, 0.15) is 45.2 Å². The molecule has 0 fully saturated rings. The van der Waals surface area contributed by atoms with Crippen molar-refractivity contribution in [3.63, 3.8) is 0 Å². The summed E-state index contributed by atoms with van der Waals surface area (Å²) < 4.78 is 1.81. The highest BCUT2D eigenvalue weighted by atomic mass is 16.3. The van der Waals surface area contributed by atoms with Crippen molar-refractivity contribution in [3.8, 4) is 0 Å². The van der Waals surface area contributed by atoms with Crippen molar-refractivity contribution >= 4 is 11.8 Å². The highest BCUT2D eigenvalue weighted by molar-refractivity contribution is 5.88. The third-order valence-electron chi connectivity index (χ3n) is 4.56. The van der Waals surface area contributed by atoms with Gasteiger partial charge < -0.3 is 10.4 Å². The molecule has 0 spiro atoms. The van der Waals surface area contributed by atoms with E-state index in [9.17, 15) is 9.90 Å².